The predicted octanol–water partition coefficient (Wildman–Crippen LogP) is 6.19. The van der Waals surface area contributed by atoms with Crippen LogP contribution < -0.4 is 5.43 Å². The predicted molar refractivity (Wildman–Crippen MR) is 102 cm³/mol. The van der Waals surface area contributed by atoms with E-state index in [2.05, 4.69) is 60.0 Å². The second kappa shape index (κ2) is 6.88. The van der Waals surface area contributed by atoms with Gasteiger partial charge in [-0.1, -0.05) is 43.2 Å². The average Bonchev–Trinajstić information content (AvgIpc) is 3.01. The molecule has 0 unspecified atom stereocenters. The Morgan fingerprint density at radius 1 is 1.08 bits per heavy atom. The fraction of sp³-hybridized carbons (Fsp3) is 0.455. The number of rotatable bonds is 3. The minimum absolute atomic E-state index is 0.722. The van der Waals surface area contributed by atoms with Crippen LogP contribution in [0.25, 0.3) is 0 Å². The van der Waals surface area contributed by atoms with Crippen LogP contribution in [0.1, 0.15) is 68.4 Å². The molecule has 1 fully saturated rings. The van der Waals surface area contributed by atoms with Gasteiger partial charge < -0.3 is 0 Å². The van der Waals surface area contributed by atoms with Gasteiger partial charge in [0.15, 0.2) is 0 Å². The van der Waals surface area contributed by atoms with Gasteiger partial charge in [-0.25, -0.2) is 0 Å². The summed E-state index contributed by atoms with van der Waals surface area (Å²) in [5, 5.41) is 2.25. The SMILES string of the molecule is Cc1cccc(C2CCCC2)c1NN1C=CC=C2CCCCC=C21. The Labute approximate surface area is 145 Å². The van der Waals surface area contributed by atoms with E-state index in [0.29, 0.717) is 0 Å². The lowest BCUT2D eigenvalue weighted by Gasteiger charge is -2.31. The Morgan fingerprint density at radius 3 is 2.83 bits per heavy atom. The number of aryl methyl sites for hydroxylation is 1. The van der Waals surface area contributed by atoms with Gasteiger partial charge in [0.2, 0.25) is 0 Å². The van der Waals surface area contributed by atoms with E-state index in [1.165, 1.54) is 79.5 Å². The molecular weight excluding hydrogens is 292 g/mol. The molecule has 0 saturated heterocycles. The van der Waals surface area contributed by atoms with Crippen LogP contribution in [0, 0.1) is 6.92 Å². The molecule has 0 spiro atoms. The summed E-state index contributed by atoms with van der Waals surface area (Å²) in [5.41, 5.74) is 10.8. The van der Waals surface area contributed by atoms with Crippen LogP contribution in [-0.2, 0) is 0 Å². The topological polar surface area (TPSA) is 15.3 Å². The Kier molecular flexibility index (Phi) is 4.46. The molecule has 0 atom stereocenters. The number of hydrogen-bond acceptors (Lipinski definition) is 2. The van der Waals surface area contributed by atoms with Crippen molar-refractivity contribution >= 4 is 5.69 Å². The number of allylic oxidation sites excluding steroid dienone is 4. The first-order chi connectivity index (χ1) is 11.8. The van der Waals surface area contributed by atoms with Crippen LogP contribution >= 0.6 is 0 Å². The zero-order valence-electron chi connectivity index (χ0n) is 14.7. The van der Waals surface area contributed by atoms with Crippen molar-refractivity contribution in [3.63, 3.8) is 0 Å². The largest absolute Gasteiger partial charge is 0.294 e. The number of fused-ring (bicyclic) bond motifs is 1. The van der Waals surface area contributed by atoms with Crippen molar-refractivity contribution in [1.82, 2.24) is 5.01 Å². The second-order valence-electron chi connectivity index (χ2n) is 7.37. The third kappa shape index (κ3) is 3.02. The Morgan fingerprint density at radius 2 is 1.96 bits per heavy atom. The molecule has 0 amide bonds. The maximum absolute atomic E-state index is 3.76. The maximum atomic E-state index is 3.76. The normalized spacial score (nSPS) is 21.1. The number of benzene rings is 1. The molecule has 4 rings (SSSR count). The van der Waals surface area contributed by atoms with Gasteiger partial charge in [0.1, 0.15) is 0 Å². The second-order valence-corrected chi connectivity index (χ2v) is 7.37. The first kappa shape index (κ1) is 15.6. The molecule has 1 aliphatic heterocycles. The van der Waals surface area contributed by atoms with Crippen molar-refractivity contribution in [3.8, 4) is 0 Å². The van der Waals surface area contributed by atoms with E-state index in [1.54, 1.807) is 0 Å². The summed E-state index contributed by atoms with van der Waals surface area (Å²) in [4.78, 5) is 0. The van der Waals surface area contributed by atoms with Gasteiger partial charge in [-0.15, -0.1) is 0 Å². The molecule has 126 valence electrons. The first-order valence-corrected chi connectivity index (χ1v) is 9.56. The number of hydrazine groups is 1. The van der Waals surface area contributed by atoms with Crippen LogP contribution in [0.5, 0.6) is 0 Å². The van der Waals surface area contributed by atoms with Gasteiger partial charge in [-0.3, -0.25) is 10.4 Å². The molecule has 1 aromatic carbocycles. The quantitative estimate of drug-likeness (QED) is 0.714. The number of nitrogens with zero attached hydrogens (tertiary/aromatic N) is 1. The summed E-state index contributed by atoms with van der Waals surface area (Å²) in [7, 11) is 0. The van der Waals surface area contributed by atoms with Gasteiger partial charge >= 0.3 is 0 Å². The molecule has 1 saturated carbocycles. The lowest BCUT2D eigenvalue weighted by molar-refractivity contribution is 0.550. The van der Waals surface area contributed by atoms with Gasteiger partial charge in [0, 0.05) is 6.20 Å². The van der Waals surface area contributed by atoms with Crippen molar-refractivity contribution in [2.45, 2.75) is 64.2 Å². The minimum Gasteiger partial charge on any atom is -0.294 e. The van der Waals surface area contributed by atoms with Crippen molar-refractivity contribution in [1.29, 1.82) is 0 Å². The molecule has 0 radical (unpaired) electrons. The molecule has 1 heterocycles. The summed E-state index contributed by atoms with van der Waals surface area (Å²) in [6.45, 7) is 2.23. The van der Waals surface area contributed by atoms with Crippen molar-refractivity contribution in [2.24, 2.45) is 0 Å². The molecule has 2 nitrogen and oxygen atoms in total. The minimum atomic E-state index is 0.722. The Balaban J connectivity index is 1.64. The van der Waals surface area contributed by atoms with Crippen LogP contribution in [0.2, 0.25) is 0 Å². The molecule has 0 aromatic heterocycles. The molecule has 0 bridgehead atoms. The highest BCUT2D eigenvalue weighted by atomic mass is 15.5. The summed E-state index contributed by atoms with van der Waals surface area (Å²) in [6.07, 6.45) is 19.4. The lowest BCUT2D eigenvalue weighted by atomic mass is 9.94. The number of nitrogens with one attached hydrogen (secondary N) is 1. The zero-order chi connectivity index (χ0) is 16.4. The van der Waals surface area contributed by atoms with Crippen LogP contribution in [-0.4, -0.2) is 5.01 Å². The standard InChI is InChI=1S/C22H28N2/c1-17-9-7-14-20(18-10-5-6-11-18)22(17)23-24-16-8-13-19-12-3-2-4-15-21(19)24/h7-9,13-16,18,23H,2-6,10-12H2,1H3. The molecule has 2 aliphatic carbocycles. The third-order valence-electron chi connectivity index (χ3n) is 5.69. The lowest BCUT2D eigenvalue weighted by Crippen LogP contribution is -2.27. The highest BCUT2D eigenvalue weighted by Crippen LogP contribution is 2.40. The van der Waals surface area contributed by atoms with Crippen LogP contribution in [0.4, 0.5) is 5.69 Å². The average molecular weight is 320 g/mol. The highest BCUT2D eigenvalue weighted by molar-refractivity contribution is 5.59. The van der Waals surface area contributed by atoms with Crippen molar-refractivity contribution < 1.29 is 0 Å². The number of hydrogen-bond donors (Lipinski definition) is 1. The molecule has 1 N–H and O–H groups in total. The molecule has 24 heavy (non-hydrogen) atoms. The summed E-state index contributed by atoms with van der Waals surface area (Å²) in [6, 6.07) is 6.78. The van der Waals surface area contributed by atoms with Gasteiger partial charge in [0.25, 0.3) is 0 Å². The summed E-state index contributed by atoms with van der Waals surface area (Å²) in [5.74, 6) is 0.722. The Hall–Kier alpha value is -1.96. The summed E-state index contributed by atoms with van der Waals surface area (Å²) >= 11 is 0. The van der Waals surface area contributed by atoms with Crippen molar-refractivity contribution in [3.05, 3.63) is 65.0 Å². The molecule has 2 heteroatoms. The van der Waals surface area contributed by atoms with E-state index in [-0.39, 0.29) is 0 Å². The van der Waals surface area contributed by atoms with Crippen molar-refractivity contribution in [2.75, 3.05) is 5.43 Å². The third-order valence-corrected chi connectivity index (χ3v) is 5.69. The van der Waals surface area contributed by atoms with E-state index >= 15 is 0 Å². The molecular formula is C22H28N2. The van der Waals surface area contributed by atoms with E-state index < -0.39 is 0 Å². The summed E-state index contributed by atoms with van der Waals surface area (Å²) < 4.78 is 0. The fourth-order valence-electron chi connectivity index (χ4n) is 4.34. The van der Waals surface area contributed by atoms with E-state index in [9.17, 15) is 0 Å². The van der Waals surface area contributed by atoms with Crippen LogP contribution in [0.15, 0.2) is 53.9 Å². The highest BCUT2D eigenvalue weighted by Gasteiger charge is 2.23. The number of anilines is 1. The van der Waals surface area contributed by atoms with Gasteiger partial charge in [0.05, 0.1) is 11.4 Å². The maximum Gasteiger partial charge on any atom is 0.0615 e. The molecule has 3 aliphatic rings. The Bertz CT molecular complexity index is 690. The first-order valence-electron chi connectivity index (χ1n) is 9.56. The van der Waals surface area contributed by atoms with Gasteiger partial charge in [-0.2, -0.15) is 0 Å². The molecule has 1 aromatic rings. The van der Waals surface area contributed by atoms with E-state index in [0.717, 1.165) is 5.92 Å². The smallest absolute Gasteiger partial charge is 0.0615 e. The zero-order valence-corrected chi connectivity index (χ0v) is 14.7. The fourth-order valence-corrected chi connectivity index (χ4v) is 4.34. The monoisotopic (exact) mass is 320 g/mol. The van der Waals surface area contributed by atoms with Gasteiger partial charge in [-0.05, 0) is 74.1 Å². The van der Waals surface area contributed by atoms with E-state index in [1.807, 2.05) is 0 Å². The van der Waals surface area contributed by atoms with Crippen LogP contribution in [0.3, 0.4) is 0 Å². The number of para-hydroxylation sites is 1. The van der Waals surface area contributed by atoms with E-state index in [4.69, 9.17) is 0 Å².